The van der Waals surface area contributed by atoms with E-state index >= 15 is 0 Å². The molecule has 1 N–H and O–H groups in total. The van der Waals surface area contributed by atoms with Crippen molar-refractivity contribution in [1.29, 1.82) is 0 Å². The number of hydrogen-bond donors (Lipinski definition) is 1. The zero-order valence-corrected chi connectivity index (χ0v) is 16.8. The fourth-order valence-electron chi connectivity index (χ4n) is 3.37. The standard InChI is InChI=1S/C24H22FN3O2/c1-16(18-4-3-5-22(12-18)30-2)27-24(29)19-8-9-20-14-26-28(23(20)13-19)15-17-6-10-21(25)11-7-17/h3-14,16H,15H2,1-2H3,(H,27,29). The molecule has 4 rings (SSSR count). The van der Waals surface area contributed by atoms with Gasteiger partial charge in [-0.05, 0) is 54.4 Å². The molecule has 6 heteroatoms. The van der Waals surface area contributed by atoms with Gasteiger partial charge in [-0.15, -0.1) is 0 Å². The molecule has 30 heavy (non-hydrogen) atoms. The topological polar surface area (TPSA) is 56.1 Å². The third-order valence-electron chi connectivity index (χ3n) is 5.09. The van der Waals surface area contributed by atoms with Gasteiger partial charge in [0.25, 0.3) is 5.91 Å². The lowest BCUT2D eigenvalue weighted by Crippen LogP contribution is -2.26. The Morgan fingerprint density at radius 3 is 2.70 bits per heavy atom. The largest absolute Gasteiger partial charge is 0.497 e. The summed E-state index contributed by atoms with van der Waals surface area (Å²) in [7, 11) is 1.62. The Morgan fingerprint density at radius 2 is 1.93 bits per heavy atom. The molecule has 1 amide bonds. The normalized spacial score (nSPS) is 12.0. The molecule has 0 radical (unpaired) electrons. The van der Waals surface area contributed by atoms with Gasteiger partial charge in [0, 0.05) is 10.9 Å². The number of aromatic nitrogens is 2. The molecule has 0 aliphatic carbocycles. The average molecular weight is 403 g/mol. The lowest BCUT2D eigenvalue weighted by molar-refractivity contribution is 0.0940. The van der Waals surface area contributed by atoms with Crippen LogP contribution in [0.3, 0.4) is 0 Å². The van der Waals surface area contributed by atoms with Gasteiger partial charge < -0.3 is 10.1 Å². The number of amides is 1. The van der Waals surface area contributed by atoms with E-state index in [1.807, 2.05) is 48.0 Å². The van der Waals surface area contributed by atoms with Crippen molar-refractivity contribution in [1.82, 2.24) is 15.1 Å². The summed E-state index contributed by atoms with van der Waals surface area (Å²) in [6.07, 6.45) is 1.76. The summed E-state index contributed by atoms with van der Waals surface area (Å²) in [6, 6.07) is 19.3. The number of rotatable bonds is 6. The van der Waals surface area contributed by atoms with Crippen LogP contribution >= 0.6 is 0 Å². The van der Waals surface area contributed by atoms with Gasteiger partial charge in [0.15, 0.2) is 0 Å². The van der Waals surface area contributed by atoms with Crippen molar-refractivity contribution >= 4 is 16.8 Å². The second kappa shape index (κ2) is 8.37. The van der Waals surface area contributed by atoms with Crippen LogP contribution < -0.4 is 10.1 Å². The number of methoxy groups -OCH3 is 1. The first kappa shape index (κ1) is 19.6. The Morgan fingerprint density at radius 1 is 1.13 bits per heavy atom. The molecular weight excluding hydrogens is 381 g/mol. The second-order valence-electron chi connectivity index (χ2n) is 7.17. The van der Waals surface area contributed by atoms with Gasteiger partial charge in [0.05, 0.1) is 31.4 Å². The lowest BCUT2D eigenvalue weighted by atomic mass is 10.1. The minimum Gasteiger partial charge on any atom is -0.497 e. The molecule has 4 aromatic rings. The first-order chi connectivity index (χ1) is 14.5. The fraction of sp³-hybridized carbons (Fsp3) is 0.167. The van der Waals surface area contributed by atoms with E-state index in [1.165, 1.54) is 12.1 Å². The monoisotopic (exact) mass is 403 g/mol. The molecule has 0 aliphatic heterocycles. The van der Waals surface area contributed by atoms with Crippen LogP contribution in [0.5, 0.6) is 5.75 Å². The van der Waals surface area contributed by atoms with Gasteiger partial charge in [-0.25, -0.2) is 4.39 Å². The molecule has 1 aromatic heterocycles. The van der Waals surface area contributed by atoms with Crippen molar-refractivity contribution in [2.75, 3.05) is 7.11 Å². The van der Waals surface area contributed by atoms with Crippen LogP contribution in [0.1, 0.15) is 34.5 Å². The number of fused-ring (bicyclic) bond motifs is 1. The Labute approximate surface area is 174 Å². The number of carbonyl (C=O) groups excluding carboxylic acids is 1. The van der Waals surface area contributed by atoms with Gasteiger partial charge >= 0.3 is 0 Å². The maximum atomic E-state index is 13.2. The van der Waals surface area contributed by atoms with Crippen molar-refractivity contribution in [3.05, 3.63) is 95.4 Å². The van der Waals surface area contributed by atoms with Crippen LogP contribution in [0.25, 0.3) is 10.9 Å². The molecule has 1 heterocycles. The number of carbonyl (C=O) groups is 1. The van der Waals surface area contributed by atoms with E-state index in [2.05, 4.69) is 10.4 Å². The van der Waals surface area contributed by atoms with Crippen molar-refractivity contribution < 1.29 is 13.9 Å². The molecule has 152 valence electrons. The SMILES string of the molecule is COc1cccc(C(C)NC(=O)c2ccc3cnn(Cc4ccc(F)cc4)c3c2)c1. The minimum absolute atomic E-state index is 0.165. The van der Waals surface area contributed by atoms with Gasteiger partial charge in [-0.1, -0.05) is 30.3 Å². The number of ether oxygens (including phenoxy) is 1. The first-order valence-corrected chi connectivity index (χ1v) is 9.68. The Bertz CT molecular complexity index is 1180. The Kier molecular flexibility index (Phi) is 5.48. The van der Waals surface area contributed by atoms with E-state index in [9.17, 15) is 9.18 Å². The van der Waals surface area contributed by atoms with Crippen molar-refractivity contribution in [3.63, 3.8) is 0 Å². The summed E-state index contributed by atoms with van der Waals surface area (Å²) in [4.78, 5) is 12.8. The molecule has 0 spiro atoms. The van der Waals surface area contributed by atoms with E-state index < -0.39 is 0 Å². The number of halogens is 1. The second-order valence-corrected chi connectivity index (χ2v) is 7.17. The van der Waals surface area contributed by atoms with Crippen molar-refractivity contribution in [2.45, 2.75) is 19.5 Å². The van der Waals surface area contributed by atoms with Crippen LogP contribution in [0.2, 0.25) is 0 Å². The molecule has 0 aliphatic rings. The summed E-state index contributed by atoms with van der Waals surface area (Å²) in [5.74, 6) is 0.314. The molecule has 1 unspecified atom stereocenters. The van der Waals surface area contributed by atoms with E-state index in [-0.39, 0.29) is 17.8 Å². The first-order valence-electron chi connectivity index (χ1n) is 9.68. The maximum absolute atomic E-state index is 13.2. The highest BCUT2D eigenvalue weighted by Crippen LogP contribution is 2.21. The van der Waals surface area contributed by atoms with E-state index in [0.717, 1.165) is 27.8 Å². The average Bonchev–Trinajstić information content (AvgIpc) is 3.17. The number of nitrogens with zero attached hydrogens (tertiary/aromatic N) is 2. The van der Waals surface area contributed by atoms with Gasteiger partial charge in [-0.2, -0.15) is 5.10 Å². The minimum atomic E-state index is -0.270. The summed E-state index contributed by atoms with van der Waals surface area (Å²) < 4.78 is 20.2. The number of hydrogen-bond acceptors (Lipinski definition) is 3. The molecule has 5 nitrogen and oxygen atoms in total. The summed E-state index contributed by atoms with van der Waals surface area (Å²) >= 11 is 0. The lowest BCUT2D eigenvalue weighted by Gasteiger charge is -2.15. The predicted molar refractivity (Wildman–Crippen MR) is 114 cm³/mol. The molecular formula is C24H22FN3O2. The highest BCUT2D eigenvalue weighted by Gasteiger charge is 2.14. The fourth-order valence-corrected chi connectivity index (χ4v) is 3.37. The third-order valence-corrected chi connectivity index (χ3v) is 5.09. The zero-order chi connectivity index (χ0) is 21.1. The highest BCUT2D eigenvalue weighted by molar-refractivity contribution is 5.98. The maximum Gasteiger partial charge on any atom is 0.251 e. The van der Waals surface area contributed by atoms with Crippen molar-refractivity contribution in [2.24, 2.45) is 0 Å². The van der Waals surface area contributed by atoms with E-state index in [4.69, 9.17) is 4.74 Å². The Balaban J connectivity index is 1.54. The smallest absolute Gasteiger partial charge is 0.251 e. The quantitative estimate of drug-likeness (QED) is 0.507. The third kappa shape index (κ3) is 4.17. The number of nitrogens with one attached hydrogen (secondary N) is 1. The molecule has 0 saturated carbocycles. The van der Waals surface area contributed by atoms with E-state index in [1.54, 1.807) is 31.5 Å². The number of benzene rings is 3. The van der Waals surface area contributed by atoms with Gasteiger partial charge in [0.2, 0.25) is 0 Å². The molecule has 0 fully saturated rings. The molecule has 3 aromatic carbocycles. The Hall–Kier alpha value is -3.67. The van der Waals surface area contributed by atoms with Crippen molar-refractivity contribution in [3.8, 4) is 5.75 Å². The van der Waals surface area contributed by atoms with Gasteiger partial charge in [0.1, 0.15) is 11.6 Å². The van der Waals surface area contributed by atoms with E-state index in [0.29, 0.717) is 12.1 Å². The molecule has 1 atom stereocenters. The molecule has 0 bridgehead atoms. The summed E-state index contributed by atoms with van der Waals surface area (Å²) in [6.45, 7) is 2.43. The van der Waals surface area contributed by atoms with Gasteiger partial charge in [-0.3, -0.25) is 9.48 Å². The van der Waals surface area contributed by atoms with Crippen LogP contribution in [0.4, 0.5) is 4.39 Å². The van der Waals surface area contributed by atoms with Crippen LogP contribution in [0.15, 0.2) is 72.9 Å². The van der Waals surface area contributed by atoms with Crippen LogP contribution in [-0.4, -0.2) is 22.8 Å². The molecule has 0 saturated heterocycles. The van der Waals surface area contributed by atoms with Crippen LogP contribution in [-0.2, 0) is 6.54 Å². The predicted octanol–water partition coefficient (Wildman–Crippen LogP) is 4.72. The van der Waals surface area contributed by atoms with Crippen LogP contribution in [0, 0.1) is 5.82 Å². The zero-order valence-electron chi connectivity index (χ0n) is 16.8. The summed E-state index contributed by atoms with van der Waals surface area (Å²) in [5, 5.41) is 8.39. The summed E-state index contributed by atoms with van der Waals surface area (Å²) in [5.41, 5.74) is 3.30. The highest BCUT2D eigenvalue weighted by atomic mass is 19.1.